The number of aryl methyl sites for hydroxylation is 2. The van der Waals surface area contributed by atoms with Crippen molar-refractivity contribution in [1.82, 2.24) is 24.9 Å². The van der Waals surface area contributed by atoms with Crippen LogP contribution in [-0.2, 0) is 13.1 Å². The van der Waals surface area contributed by atoms with Crippen LogP contribution in [0.5, 0.6) is 0 Å². The number of hydrogen-bond donors (Lipinski definition) is 1. The molecule has 0 bridgehead atoms. The Morgan fingerprint density at radius 3 is 2.60 bits per heavy atom. The summed E-state index contributed by atoms with van der Waals surface area (Å²) in [4.78, 5) is 0. The molecular formula is C15H25N5. The van der Waals surface area contributed by atoms with Gasteiger partial charge in [0.2, 0.25) is 0 Å². The Balaban J connectivity index is 2.00. The Kier molecular flexibility index (Phi) is 4.60. The van der Waals surface area contributed by atoms with Gasteiger partial charge in [0.25, 0.3) is 0 Å². The van der Waals surface area contributed by atoms with Crippen LogP contribution in [0.1, 0.15) is 43.8 Å². The highest BCUT2D eigenvalue weighted by Crippen LogP contribution is 2.15. The Bertz CT molecular complexity index is 541. The van der Waals surface area contributed by atoms with E-state index in [1.807, 2.05) is 23.1 Å². The minimum atomic E-state index is 0.326. The van der Waals surface area contributed by atoms with Crippen molar-refractivity contribution in [3.63, 3.8) is 0 Å². The van der Waals surface area contributed by atoms with Gasteiger partial charge in [0.1, 0.15) is 0 Å². The smallest absolute Gasteiger partial charge is 0.0641 e. The maximum atomic E-state index is 4.56. The normalized spacial score (nSPS) is 14.4. The second-order valence-corrected chi connectivity index (χ2v) is 5.36. The van der Waals surface area contributed by atoms with Crippen molar-refractivity contribution < 1.29 is 0 Å². The maximum Gasteiger partial charge on any atom is 0.0641 e. The van der Waals surface area contributed by atoms with Crippen LogP contribution in [-0.4, -0.2) is 25.6 Å². The van der Waals surface area contributed by atoms with Crippen molar-refractivity contribution in [1.29, 1.82) is 0 Å². The van der Waals surface area contributed by atoms with Gasteiger partial charge in [0.15, 0.2) is 0 Å². The van der Waals surface area contributed by atoms with Crippen molar-refractivity contribution in [2.45, 2.75) is 59.8 Å². The third kappa shape index (κ3) is 2.93. The van der Waals surface area contributed by atoms with Crippen LogP contribution in [0.2, 0.25) is 0 Å². The molecule has 0 spiro atoms. The zero-order valence-electron chi connectivity index (χ0n) is 13.1. The van der Waals surface area contributed by atoms with Crippen LogP contribution < -0.4 is 5.32 Å². The van der Waals surface area contributed by atoms with Gasteiger partial charge in [-0.2, -0.15) is 10.2 Å². The third-order valence-corrected chi connectivity index (χ3v) is 4.10. The summed E-state index contributed by atoms with van der Waals surface area (Å²) >= 11 is 0. The van der Waals surface area contributed by atoms with Gasteiger partial charge in [-0.25, -0.2) is 0 Å². The molecule has 20 heavy (non-hydrogen) atoms. The number of rotatable bonds is 6. The van der Waals surface area contributed by atoms with Gasteiger partial charge in [-0.05, 0) is 40.7 Å². The Hall–Kier alpha value is -1.62. The molecule has 0 saturated heterocycles. The number of hydrogen-bond acceptors (Lipinski definition) is 3. The van der Waals surface area contributed by atoms with Crippen molar-refractivity contribution in [3.8, 4) is 0 Å². The van der Waals surface area contributed by atoms with Gasteiger partial charge in [-0.15, -0.1) is 0 Å². The maximum absolute atomic E-state index is 4.56. The summed E-state index contributed by atoms with van der Waals surface area (Å²) in [6.45, 7) is 12.5. The molecular weight excluding hydrogens is 250 g/mol. The third-order valence-electron chi connectivity index (χ3n) is 4.10. The first-order valence-electron chi connectivity index (χ1n) is 7.30. The first-order chi connectivity index (χ1) is 9.54. The van der Waals surface area contributed by atoms with Gasteiger partial charge < -0.3 is 5.32 Å². The molecule has 0 aromatic carbocycles. The van der Waals surface area contributed by atoms with Crippen LogP contribution >= 0.6 is 0 Å². The molecule has 1 N–H and O–H groups in total. The monoisotopic (exact) mass is 275 g/mol. The molecule has 0 saturated carbocycles. The number of nitrogens with zero attached hydrogens (tertiary/aromatic N) is 4. The molecule has 2 aromatic heterocycles. The van der Waals surface area contributed by atoms with Crippen LogP contribution in [0.25, 0.3) is 0 Å². The fraction of sp³-hybridized carbons (Fsp3) is 0.600. The van der Waals surface area contributed by atoms with E-state index in [2.05, 4.69) is 54.8 Å². The highest BCUT2D eigenvalue weighted by Gasteiger charge is 2.16. The molecule has 0 amide bonds. The molecule has 5 nitrogen and oxygen atoms in total. The number of aromatic nitrogens is 4. The largest absolute Gasteiger partial charge is 0.308 e. The van der Waals surface area contributed by atoms with E-state index in [4.69, 9.17) is 0 Å². The average molecular weight is 275 g/mol. The van der Waals surface area contributed by atoms with Crippen LogP contribution in [0.15, 0.2) is 18.5 Å². The summed E-state index contributed by atoms with van der Waals surface area (Å²) in [5.74, 6) is 0. The lowest BCUT2D eigenvalue weighted by molar-refractivity contribution is 0.364. The summed E-state index contributed by atoms with van der Waals surface area (Å²) in [5.41, 5.74) is 3.69. The van der Waals surface area contributed by atoms with Gasteiger partial charge in [0.05, 0.1) is 11.7 Å². The van der Waals surface area contributed by atoms with Crippen molar-refractivity contribution in [2.75, 3.05) is 0 Å². The topological polar surface area (TPSA) is 47.7 Å². The van der Waals surface area contributed by atoms with E-state index >= 15 is 0 Å². The molecule has 2 rings (SSSR count). The zero-order valence-corrected chi connectivity index (χ0v) is 13.1. The van der Waals surface area contributed by atoms with E-state index in [0.29, 0.717) is 12.1 Å². The van der Waals surface area contributed by atoms with Crippen molar-refractivity contribution >= 4 is 0 Å². The quantitative estimate of drug-likeness (QED) is 0.881. The van der Waals surface area contributed by atoms with E-state index in [0.717, 1.165) is 18.8 Å². The van der Waals surface area contributed by atoms with Crippen LogP contribution in [0.4, 0.5) is 0 Å². The average Bonchev–Trinajstić information content (AvgIpc) is 3.05. The fourth-order valence-corrected chi connectivity index (χ4v) is 2.48. The van der Waals surface area contributed by atoms with Gasteiger partial charge in [0, 0.05) is 42.8 Å². The van der Waals surface area contributed by atoms with Crippen LogP contribution in [0, 0.1) is 13.8 Å². The first kappa shape index (κ1) is 14.8. The minimum Gasteiger partial charge on any atom is -0.308 e. The Morgan fingerprint density at radius 2 is 2.05 bits per heavy atom. The molecule has 2 unspecified atom stereocenters. The Morgan fingerprint density at radius 1 is 1.30 bits per heavy atom. The van der Waals surface area contributed by atoms with Crippen LogP contribution in [0.3, 0.4) is 0 Å². The molecule has 0 aliphatic carbocycles. The van der Waals surface area contributed by atoms with E-state index in [9.17, 15) is 0 Å². The van der Waals surface area contributed by atoms with E-state index in [-0.39, 0.29) is 0 Å². The molecule has 0 aliphatic rings. The molecule has 110 valence electrons. The summed E-state index contributed by atoms with van der Waals surface area (Å²) in [7, 11) is 0. The lowest BCUT2D eigenvalue weighted by Crippen LogP contribution is -2.33. The predicted molar refractivity (Wildman–Crippen MR) is 80.6 cm³/mol. The predicted octanol–water partition coefficient (Wildman–Crippen LogP) is 2.46. The van der Waals surface area contributed by atoms with Crippen molar-refractivity contribution in [2.24, 2.45) is 0 Å². The Labute approximate surface area is 121 Å². The van der Waals surface area contributed by atoms with E-state index < -0.39 is 0 Å². The second-order valence-electron chi connectivity index (χ2n) is 5.36. The second kappa shape index (κ2) is 6.22. The summed E-state index contributed by atoms with van der Waals surface area (Å²) < 4.78 is 4.06. The zero-order chi connectivity index (χ0) is 14.7. The lowest BCUT2D eigenvalue weighted by atomic mass is 10.1. The summed E-state index contributed by atoms with van der Waals surface area (Å²) in [6.07, 6.45) is 3.83. The van der Waals surface area contributed by atoms with Gasteiger partial charge in [-0.1, -0.05) is 0 Å². The standard InChI is InChI=1S/C15H25N5/c1-6-19-14(5)15(12(3)18-19)10-16-11(2)13(4)20-9-7-8-17-20/h7-9,11,13,16H,6,10H2,1-5H3. The summed E-state index contributed by atoms with van der Waals surface area (Å²) in [5, 5.41) is 12.5. The number of nitrogens with one attached hydrogen (secondary N) is 1. The molecule has 2 heterocycles. The molecule has 5 heteroatoms. The lowest BCUT2D eigenvalue weighted by Gasteiger charge is -2.22. The molecule has 0 radical (unpaired) electrons. The highest BCUT2D eigenvalue weighted by atomic mass is 15.3. The fourth-order valence-electron chi connectivity index (χ4n) is 2.48. The molecule has 2 atom stereocenters. The highest BCUT2D eigenvalue weighted by molar-refractivity contribution is 5.24. The van der Waals surface area contributed by atoms with Gasteiger partial charge in [-0.3, -0.25) is 9.36 Å². The summed E-state index contributed by atoms with van der Waals surface area (Å²) in [6, 6.07) is 2.63. The van der Waals surface area contributed by atoms with Crippen molar-refractivity contribution in [3.05, 3.63) is 35.4 Å². The minimum absolute atomic E-state index is 0.326. The molecule has 0 fully saturated rings. The van der Waals surface area contributed by atoms with E-state index in [1.165, 1.54) is 11.3 Å². The molecule has 2 aromatic rings. The van der Waals surface area contributed by atoms with Gasteiger partial charge >= 0.3 is 0 Å². The van der Waals surface area contributed by atoms with E-state index in [1.54, 1.807) is 0 Å². The molecule has 0 aliphatic heterocycles. The SMILES string of the molecule is CCn1nc(C)c(CNC(C)C(C)n2cccn2)c1C. The first-order valence-corrected chi connectivity index (χ1v) is 7.30.